The zero-order chi connectivity index (χ0) is 12.3. The topological polar surface area (TPSA) is 38.5 Å². The maximum absolute atomic E-state index is 6.22. The number of benzene rings is 1. The van der Waals surface area contributed by atoms with Gasteiger partial charge in [-0.3, -0.25) is 4.90 Å². The number of halogens is 2. The third-order valence-electron chi connectivity index (χ3n) is 3.31. The van der Waals surface area contributed by atoms with Crippen LogP contribution in [0.15, 0.2) is 18.2 Å². The Bertz CT molecular complexity index is 379. The molecule has 0 aromatic heterocycles. The Morgan fingerprint density at radius 3 is 2.67 bits per heavy atom. The summed E-state index contributed by atoms with van der Waals surface area (Å²) in [5.74, 6) is 0.868. The number of likely N-dealkylation sites (tertiary alicyclic amines) is 1. The van der Waals surface area contributed by atoms with Crippen LogP contribution >= 0.6 is 24.0 Å². The number of piperidine rings is 1. The summed E-state index contributed by atoms with van der Waals surface area (Å²) in [5.41, 5.74) is 6.97. The van der Waals surface area contributed by atoms with Crippen molar-refractivity contribution in [3.05, 3.63) is 28.8 Å². The Labute approximate surface area is 120 Å². The van der Waals surface area contributed by atoms with Crippen molar-refractivity contribution < 1.29 is 4.74 Å². The van der Waals surface area contributed by atoms with Gasteiger partial charge in [0.15, 0.2) is 0 Å². The highest BCUT2D eigenvalue weighted by Gasteiger charge is 2.18. The minimum Gasteiger partial charge on any atom is -0.496 e. The van der Waals surface area contributed by atoms with Crippen molar-refractivity contribution in [1.29, 1.82) is 0 Å². The number of nitrogens with zero attached hydrogens (tertiary/aromatic N) is 1. The van der Waals surface area contributed by atoms with E-state index < -0.39 is 0 Å². The molecule has 0 saturated carbocycles. The molecule has 0 atom stereocenters. The number of ether oxygens (including phenoxy) is 1. The summed E-state index contributed by atoms with van der Waals surface area (Å²) in [6.45, 7) is 2.92. The largest absolute Gasteiger partial charge is 0.496 e. The molecule has 102 valence electrons. The summed E-state index contributed by atoms with van der Waals surface area (Å²) in [4.78, 5) is 2.38. The molecule has 1 fully saturated rings. The van der Waals surface area contributed by atoms with Crippen LogP contribution in [0, 0.1) is 0 Å². The van der Waals surface area contributed by atoms with Crippen molar-refractivity contribution >= 4 is 24.0 Å². The lowest BCUT2D eigenvalue weighted by molar-refractivity contribution is 0.203. The van der Waals surface area contributed by atoms with Crippen LogP contribution in [0.1, 0.15) is 18.4 Å². The Morgan fingerprint density at radius 1 is 1.39 bits per heavy atom. The van der Waals surface area contributed by atoms with Gasteiger partial charge in [-0.1, -0.05) is 17.7 Å². The van der Waals surface area contributed by atoms with Crippen LogP contribution in [0.3, 0.4) is 0 Å². The summed E-state index contributed by atoms with van der Waals surface area (Å²) >= 11 is 6.22. The van der Waals surface area contributed by atoms with Crippen LogP contribution in [0.4, 0.5) is 0 Å². The predicted molar refractivity (Wildman–Crippen MR) is 77.7 cm³/mol. The number of nitrogens with two attached hydrogens (primary N) is 1. The van der Waals surface area contributed by atoms with Crippen molar-refractivity contribution in [2.24, 2.45) is 5.73 Å². The highest BCUT2D eigenvalue weighted by atomic mass is 35.5. The fourth-order valence-corrected chi connectivity index (χ4v) is 2.44. The van der Waals surface area contributed by atoms with E-state index in [0.717, 1.165) is 48.8 Å². The average Bonchev–Trinajstić information content (AvgIpc) is 2.34. The van der Waals surface area contributed by atoms with Gasteiger partial charge in [0, 0.05) is 23.2 Å². The smallest absolute Gasteiger partial charge is 0.124 e. The molecule has 0 aliphatic carbocycles. The minimum absolute atomic E-state index is 0. The third kappa shape index (κ3) is 3.75. The summed E-state index contributed by atoms with van der Waals surface area (Å²) in [5, 5.41) is 0.777. The standard InChI is InChI=1S/C13H19ClN2O.ClH/c1-17-13-4-2-3-12(14)11(13)9-16-7-5-10(15)6-8-16;/h2-4,10H,5-9,15H2,1H3;1H. The van der Waals surface area contributed by atoms with E-state index in [-0.39, 0.29) is 12.4 Å². The van der Waals surface area contributed by atoms with Crippen LogP contribution in [-0.4, -0.2) is 31.1 Å². The van der Waals surface area contributed by atoms with E-state index in [1.807, 2.05) is 18.2 Å². The number of hydrogen-bond donors (Lipinski definition) is 1. The van der Waals surface area contributed by atoms with Crippen LogP contribution in [0.5, 0.6) is 5.75 Å². The molecule has 0 bridgehead atoms. The Morgan fingerprint density at radius 2 is 2.06 bits per heavy atom. The molecule has 0 spiro atoms. The number of hydrogen-bond acceptors (Lipinski definition) is 3. The molecular formula is C13H20Cl2N2O. The van der Waals surface area contributed by atoms with Crippen molar-refractivity contribution in [2.75, 3.05) is 20.2 Å². The summed E-state index contributed by atoms with van der Waals surface area (Å²) in [7, 11) is 1.68. The van der Waals surface area contributed by atoms with E-state index in [1.165, 1.54) is 0 Å². The van der Waals surface area contributed by atoms with E-state index in [0.29, 0.717) is 6.04 Å². The quantitative estimate of drug-likeness (QED) is 0.930. The lowest BCUT2D eigenvalue weighted by Gasteiger charge is -2.30. The van der Waals surface area contributed by atoms with Gasteiger partial charge in [0.25, 0.3) is 0 Å². The molecule has 0 unspecified atom stereocenters. The number of methoxy groups -OCH3 is 1. The molecule has 3 nitrogen and oxygen atoms in total. The maximum atomic E-state index is 6.22. The van der Waals surface area contributed by atoms with E-state index in [9.17, 15) is 0 Å². The average molecular weight is 291 g/mol. The van der Waals surface area contributed by atoms with E-state index >= 15 is 0 Å². The molecule has 1 aliphatic heterocycles. The number of rotatable bonds is 3. The van der Waals surface area contributed by atoms with Crippen molar-refractivity contribution in [2.45, 2.75) is 25.4 Å². The van der Waals surface area contributed by atoms with E-state index in [2.05, 4.69) is 4.90 Å². The Hall–Kier alpha value is -0.480. The predicted octanol–water partition coefficient (Wildman–Crippen LogP) is 2.69. The SMILES string of the molecule is COc1cccc(Cl)c1CN1CCC(N)CC1.Cl. The molecular weight excluding hydrogens is 271 g/mol. The summed E-state index contributed by atoms with van der Waals surface area (Å²) in [6, 6.07) is 6.14. The first kappa shape index (κ1) is 15.6. The van der Waals surface area contributed by atoms with Gasteiger partial charge in [-0.25, -0.2) is 0 Å². The zero-order valence-electron chi connectivity index (χ0n) is 10.6. The van der Waals surface area contributed by atoms with Crippen LogP contribution in [-0.2, 0) is 6.54 Å². The Balaban J connectivity index is 0.00000162. The highest BCUT2D eigenvalue weighted by molar-refractivity contribution is 6.31. The van der Waals surface area contributed by atoms with Gasteiger partial charge in [0.2, 0.25) is 0 Å². The maximum Gasteiger partial charge on any atom is 0.124 e. The second-order valence-corrected chi connectivity index (χ2v) is 4.94. The fraction of sp³-hybridized carbons (Fsp3) is 0.538. The molecule has 0 radical (unpaired) electrons. The summed E-state index contributed by atoms with van der Waals surface area (Å²) in [6.07, 6.45) is 2.12. The monoisotopic (exact) mass is 290 g/mol. The molecule has 1 aliphatic rings. The minimum atomic E-state index is 0. The molecule has 1 aromatic rings. The molecule has 18 heavy (non-hydrogen) atoms. The van der Waals surface area contributed by atoms with Crippen LogP contribution in [0.2, 0.25) is 5.02 Å². The van der Waals surface area contributed by atoms with Gasteiger partial charge in [-0.05, 0) is 38.1 Å². The van der Waals surface area contributed by atoms with Crippen molar-refractivity contribution in [3.63, 3.8) is 0 Å². The van der Waals surface area contributed by atoms with Gasteiger partial charge < -0.3 is 10.5 Å². The fourth-order valence-electron chi connectivity index (χ4n) is 2.22. The molecule has 5 heteroatoms. The lowest BCUT2D eigenvalue weighted by Crippen LogP contribution is -2.39. The first-order valence-electron chi connectivity index (χ1n) is 6.00. The highest BCUT2D eigenvalue weighted by Crippen LogP contribution is 2.28. The van der Waals surface area contributed by atoms with Crippen molar-refractivity contribution in [3.8, 4) is 5.75 Å². The van der Waals surface area contributed by atoms with E-state index in [4.69, 9.17) is 22.1 Å². The normalized spacial score (nSPS) is 17.3. The zero-order valence-corrected chi connectivity index (χ0v) is 12.1. The van der Waals surface area contributed by atoms with Crippen LogP contribution in [0.25, 0.3) is 0 Å². The molecule has 2 rings (SSSR count). The summed E-state index contributed by atoms with van der Waals surface area (Å²) < 4.78 is 5.35. The second kappa shape index (κ2) is 7.19. The van der Waals surface area contributed by atoms with Crippen LogP contribution < -0.4 is 10.5 Å². The van der Waals surface area contributed by atoms with Gasteiger partial charge in [-0.2, -0.15) is 0 Å². The molecule has 1 heterocycles. The van der Waals surface area contributed by atoms with E-state index in [1.54, 1.807) is 7.11 Å². The van der Waals surface area contributed by atoms with Gasteiger partial charge >= 0.3 is 0 Å². The molecule has 1 saturated heterocycles. The molecule has 0 amide bonds. The molecule has 1 aromatic carbocycles. The lowest BCUT2D eigenvalue weighted by atomic mass is 10.1. The first-order chi connectivity index (χ1) is 8.20. The third-order valence-corrected chi connectivity index (χ3v) is 3.66. The molecule has 2 N–H and O–H groups in total. The second-order valence-electron chi connectivity index (χ2n) is 4.53. The first-order valence-corrected chi connectivity index (χ1v) is 6.38. The van der Waals surface area contributed by atoms with Crippen molar-refractivity contribution in [1.82, 2.24) is 4.90 Å². The Kier molecular flexibility index (Phi) is 6.22. The van der Waals surface area contributed by atoms with Gasteiger partial charge in [-0.15, -0.1) is 12.4 Å². The van der Waals surface area contributed by atoms with Gasteiger partial charge in [0.1, 0.15) is 5.75 Å². The van der Waals surface area contributed by atoms with Gasteiger partial charge in [0.05, 0.1) is 7.11 Å².